The van der Waals surface area contributed by atoms with Crippen molar-refractivity contribution < 1.29 is 4.79 Å². The second-order valence-electron chi connectivity index (χ2n) is 5.10. The van der Waals surface area contributed by atoms with Crippen LogP contribution in [0.25, 0.3) is 0 Å². The van der Waals surface area contributed by atoms with Crippen molar-refractivity contribution in [2.75, 3.05) is 0 Å². The Labute approximate surface area is 103 Å². The van der Waals surface area contributed by atoms with Gasteiger partial charge in [-0.15, -0.1) is 0 Å². The Morgan fingerprint density at radius 1 is 1.35 bits per heavy atom. The molecule has 17 heavy (non-hydrogen) atoms. The monoisotopic (exact) mass is 229 g/mol. The average Bonchev–Trinajstić information content (AvgIpc) is 2.28. The first-order valence-electron chi connectivity index (χ1n) is 5.90. The molecule has 0 amide bonds. The molecule has 1 aromatic carbocycles. The van der Waals surface area contributed by atoms with E-state index < -0.39 is 5.41 Å². The predicted octanol–water partition coefficient (Wildman–Crippen LogP) is 3.57. The molecule has 1 rings (SSSR count). The summed E-state index contributed by atoms with van der Waals surface area (Å²) < 4.78 is 0. The Morgan fingerprint density at radius 3 is 2.24 bits per heavy atom. The quantitative estimate of drug-likeness (QED) is 0.792. The third kappa shape index (κ3) is 3.17. The fourth-order valence-corrected chi connectivity index (χ4v) is 1.94. The van der Waals surface area contributed by atoms with E-state index in [-0.39, 0.29) is 12.2 Å². The number of carbonyl (C=O) groups is 1. The van der Waals surface area contributed by atoms with E-state index in [1.807, 2.05) is 31.2 Å². The minimum atomic E-state index is -0.707. The van der Waals surface area contributed by atoms with Crippen molar-refractivity contribution in [3.8, 4) is 6.07 Å². The van der Waals surface area contributed by atoms with Crippen LogP contribution >= 0.6 is 0 Å². The first-order valence-corrected chi connectivity index (χ1v) is 5.90. The summed E-state index contributed by atoms with van der Waals surface area (Å²) in [5.74, 6) is 0.521. The Morgan fingerprint density at radius 2 is 1.88 bits per heavy atom. The van der Waals surface area contributed by atoms with Crippen LogP contribution in [-0.4, -0.2) is 5.78 Å². The van der Waals surface area contributed by atoms with Crippen LogP contribution in [0.4, 0.5) is 0 Å². The van der Waals surface area contributed by atoms with E-state index >= 15 is 0 Å². The van der Waals surface area contributed by atoms with Crippen molar-refractivity contribution in [3.63, 3.8) is 0 Å². The maximum atomic E-state index is 11.2. The van der Waals surface area contributed by atoms with E-state index in [1.54, 1.807) is 0 Å². The number of carbonyl (C=O) groups excluding carboxylic acids is 1. The van der Waals surface area contributed by atoms with Gasteiger partial charge in [0.05, 0.1) is 11.5 Å². The van der Waals surface area contributed by atoms with Crippen molar-refractivity contribution in [3.05, 3.63) is 35.4 Å². The zero-order valence-electron chi connectivity index (χ0n) is 10.9. The first kappa shape index (κ1) is 13.4. The molecule has 0 bridgehead atoms. The van der Waals surface area contributed by atoms with Gasteiger partial charge < -0.3 is 0 Å². The molecule has 2 nitrogen and oxygen atoms in total. The van der Waals surface area contributed by atoms with Gasteiger partial charge in [0, 0.05) is 6.42 Å². The molecular formula is C15H19NO. The molecule has 1 aromatic rings. The van der Waals surface area contributed by atoms with Gasteiger partial charge in [-0.05, 0) is 30.9 Å². The smallest absolute Gasteiger partial charge is 0.131 e. The SMILES string of the molecule is CC(=O)CC(C)(C#N)c1ccc(C(C)C)cc1. The number of rotatable bonds is 4. The Kier molecular flexibility index (Phi) is 4.07. The number of hydrogen-bond donors (Lipinski definition) is 0. The lowest BCUT2D eigenvalue weighted by molar-refractivity contribution is -0.117. The molecule has 0 heterocycles. The van der Waals surface area contributed by atoms with Gasteiger partial charge in [-0.25, -0.2) is 0 Å². The van der Waals surface area contributed by atoms with E-state index in [4.69, 9.17) is 0 Å². The van der Waals surface area contributed by atoms with Crippen molar-refractivity contribution in [2.24, 2.45) is 0 Å². The van der Waals surface area contributed by atoms with Gasteiger partial charge in [-0.2, -0.15) is 5.26 Å². The fraction of sp³-hybridized carbons (Fsp3) is 0.467. The average molecular weight is 229 g/mol. The van der Waals surface area contributed by atoms with Crippen molar-refractivity contribution in [2.45, 2.75) is 45.4 Å². The van der Waals surface area contributed by atoms with Gasteiger partial charge in [0.15, 0.2) is 0 Å². The van der Waals surface area contributed by atoms with Gasteiger partial charge in [0.2, 0.25) is 0 Å². The highest BCUT2D eigenvalue weighted by Gasteiger charge is 2.28. The molecule has 0 spiro atoms. The molecule has 2 heteroatoms. The molecule has 0 aliphatic heterocycles. The normalized spacial score (nSPS) is 14.1. The molecule has 0 saturated heterocycles. The summed E-state index contributed by atoms with van der Waals surface area (Å²) in [6.07, 6.45) is 0.268. The zero-order chi connectivity index (χ0) is 13.1. The van der Waals surface area contributed by atoms with Crippen molar-refractivity contribution >= 4 is 5.78 Å². The third-order valence-corrected chi connectivity index (χ3v) is 3.06. The van der Waals surface area contributed by atoms with E-state index in [2.05, 4.69) is 19.9 Å². The van der Waals surface area contributed by atoms with Crippen LogP contribution in [0.1, 0.15) is 51.2 Å². The molecule has 0 saturated carbocycles. The molecule has 0 aliphatic rings. The number of nitrogens with zero attached hydrogens (tertiary/aromatic N) is 1. The van der Waals surface area contributed by atoms with E-state index in [0.29, 0.717) is 5.92 Å². The molecule has 0 aliphatic carbocycles. The summed E-state index contributed by atoms with van der Waals surface area (Å²) in [7, 11) is 0. The van der Waals surface area contributed by atoms with Crippen molar-refractivity contribution in [1.29, 1.82) is 5.26 Å². The lowest BCUT2D eigenvalue weighted by atomic mass is 9.79. The van der Waals surface area contributed by atoms with Gasteiger partial charge >= 0.3 is 0 Å². The summed E-state index contributed by atoms with van der Waals surface area (Å²) in [6, 6.07) is 10.2. The van der Waals surface area contributed by atoms with Crippen molar-refractivity contribution in [1.82, 2.24) is 0 Å². The highest BCUT2D eigenvalue weighted by molar-refractivity contribution is 5.77. The minimum Gasteiger partial charge on any atom is -0.300 e. The summed E-state index contributed by atoms with van der Waals surface area (Å²) >= 11 is 0. The second kappa shape index (κ2) is 5.14. The van der Waals surface area contributed by atoms with Gasteiger partial charge in [-0.1, -0.05) is 38.1 Å². The molecule has 1 atom stereocenters. The van der Waals surface area contributed by atoms with Crippen LogP contribution < -0.4 is 0 Å². The molecule has 0 radical (unpaired) electrons. The van der Waals surface area contributed by atoms with E-state index in [1.165, 1.54) is 12.5 Å². The van der Waals surface area contributed by atoms with Gasteiger partial charge in [-0.3, -0.25) is 4.79 Å². The number of nitriles is 1. The van der Waals surface area contributed by atoms with E-state index in [9.17, 15) is 10.1 Å². The minimum absolute atomic E-state index is 0.0435. The Balaban J connectivity index is 3.06. The maximum absolute atomic E-state index is 11.2. The molecular weight excluding hydrogens is 210 g/mol. The Hall–Kier alpha value is -1.62. The fourth-order valence-electron chi connectivity index (χ4n) is 1.94. The topological polar surface area (TPSA) is 40.9 Å². The summed E-state index contributed by atoms with van der Waals surface area (Å²) in [6.45, 7) is 7.61. The van der Waals surface area contributed by atoms with Gasteiger partial charge in [0.1, 0.15) is 5.78 Å². The molecule has 1 unspecified atom stereocenters. The van der Waals surface area contributed by atoms with Crippen LogP contribution in [0.15, 0.2) is 24.3 Å². The van der Waals surface area contributed by atoms with Crippen LogP contribution in [0.3, 0.4) is 0 Å². The first-order chi connectivity index (χ1) is 7.89. The summed E-state index contributed by atoms with van der Waals surface area (Å²) in [4.78, 5) is 11.2. The van der Waals surface area contributed by atoms with Crippen LogP contribution in [0, 0.1) is 11.3 Å². The maximum Gasteiger partial charge on any atom is 0.131 e. The van der Waals surface area contributed by atoms with E-state index in [0.717, 1.165) is 5.56 Å². The highest BCUT2D eigenvalue weighted by atomic mass is 16.1. The molecule has 0 N–H and O–H groups in total. The Bertz CT molecular complexity index is 439. The lowest BCUT2D eigenvalue weighted by Gasteiger charge is -2.21. The molecule has 90 valence electrons. The second-order valence-corrected chi connectivity index (χ2v) is 5.10. The zero-order valence-corrected chi connectivity index (χ0v) is 10.9. The van der Waals surface area contributed by atoms with Crippen LogP contribution in [-0.2, 0) is 10.2 Å². The number of Topliss-reactive ketones (excluding diaryl/α,β-unsaturated/α-hetero) is 1. The standard InChI is InChI=1S/C15H19NO/c1-11(2)13-5-7-14(8-6-13)15(4,10-16)9-12(3)17/h5-8,11H,9H2,1-4H3. The molecule has 0 fully saturated rings. The largest absolute Gasteiger partial charge is 0.300 e. The third-order valence-electron chi connectivity index (χ3n) is 3.06. The number of hydrogen-bond acceptors (Lipinski definition) is 2. The van der Waals surface area contributed by atoms with Gasteiger partial charge in [0.25, 0.3) is 0 Å². The number of benzene rings is 1. The lowest BCUT2D eigenvalue weighted by Crippen LogP contribution is -2.22. The molecule has 0 aromatic heterocycles. The summed E-state index contributed by atoms with van der Waals surface area (Å²) in [5, 5.41) is 9.26. The van der Waals surface area contributed by atoms with Crippen LogP contribution in [0.5, 0.6) is 0 Å². The predicted molar refractivity (Wildman–Crippen MR) is 68.8 cm³/mol. The number of ketones is 1. The van der Waals surface area contributed by atoms with Crippen LogP contribution in [0.2, 0.25) is 0 Å². The summed E-state index contributed by atoms with van der Waals surface area (Å²) in [5.41, 5.74) is 1.46. The highest BCUT2D eigenvalue weighted by Crippen LogP contribution is 2.28.